The minimum Gasteiger partial charge on any atom is -0.456 e. The molecule has 18 rings (SSSR count). The number of para-hydroxylation sites is 1. The molecule has 0 atom stereocenters. The van der Waals surface area contributed by atoms with E-state index in [0.717, 1.165) is 116 Å². The summed E-state index contributed by atoms with van der Waals surface area (Å²) >= 11 is 3.68. The lowest BCUT2D eigenvalue weighted by molar-refractivity contribution is 0.571. The van der Waals surface area contributed by atoms with Gasteiger partial charge in [-0.2, -0.15) is 0 Å². The highest BCUT2D eigenvalue weighted by atomic mass is 32.1. The maximum absolute atomic E-state index is 6.04. The SMILES string of the molecule is CC.CC.CC(C)(C)c1ccc2c(ccn3c2nc2ccc4sc5ccccc5c4c23)n1.CC(C)(C)c1ccc2c(ccn3c4cc5c(cc4nc23)oc2ccccc25)n1.CC(C)(C)c1ccc2c(ccn3c4cc5c(cc4nc23)sc2ccccc25)n1. The molecule has 12 aromatic heterocycles. The maximum Gasteiger partial charge on any atom is 0.147 e. The third kappa shape index (κ3) is 9.34. The van der Waals surface area contributed by atoms with Gasteiger partial charge in [-0.05, 0) is 103 Å². The predicted octanol–water partition coefficient (Wildman–Crippen LogP) is 21.7. The molecule has 0 aliphatic carbocycles. The molecule has 10 nitrogen and oxygen atoms in total. The van der Waals surface area contributed by atoms with Crippen molar-refractivity contribution < 1.29 is 4.42 Å². The summed E-state index contributed by atoms with van der Waals surface area (Å²) in [5.41, 5.74) is 17.4. The van der Waals surface area contributed by atoms with Crippen LogP contribution in [0.25, 0.3) is 145 Å². The van der Waals surface area contributed by atoms with Crippen molar-refractivity contribution in [3.8, 4) is 0 Å². The molecule has 0 spiro atoms. The molecule has 12 heterocycles. The molecule has 0 radical (unpaired) electrons. The second kappa shape index (κ2) is 21.2. The molecule has 18 aromatic rings. The fourth-order valence-corrected chi connectivity index (χ4v) is 14.3. The average Bonchev–Trinajstić information content (AvgIpc) is 1.77. The monoisotopic (exact) mass is 1190 g/mol. The van der Waals surface area contributed by atoms with Crippen LogP contribution in [-0.4, -0.2) is 43.1 Å². The Kier molecular flexibility index (Phi) is 13.6. The van der Waals surface area contributed by atoms with Gasteiger partial charge in [-0.1, -0.05) is 145 Å². The molecule has 0 unspecified atom stereocenters. The van der Waals surface area contributed by atoms with Crippen LogP contribution in [0.5, 0.6) is 0 Å². The van der Waals surface area contributed by atoms with Gasteiger partial charge in [-0.3, -0.25) is 28.2 Å². The summed E-state index contributed by atoms with van der Waals surface area (Å²) in [6.07, 6.45) is 6.30. The summed E-state index contributed by atoms with van der Waals surface area (Å²) in [4.78, 5) is 29.6. The Balaban J connectivity index is 0.000000113. The Morgan fingerprint density at radius 2 is 0.761 bits per heavy atom. The molecule has 0 aliphatic heterocycles. The van der Waals surface area contributed by atoms with Crippen LogP contribution in [0.4, 0.5) is 0 Å². The Hall–Kier alpha value is -9.36. The van der Waals surface area contributed by atoms with E-state index < -0.39 is 0 Å². The molecule has 0 saturated carbocycles. The van der Waals surface area contributed by atoms with Crippen molar-refractivity contribution in [1.29, 1.82) is 0 Å². The summed E-state index contributed by atoms with van der Waals surface area (Å²) in [5, 5.41) is 10.7. The van der Waals surface area contributed by atoms with Crippen molar-refractivity contribution in [3.05, 3.63) is 199 Å². The van der Waals surface area contributed by atoms with E-state index in [-0.39, 0.29) is 16.2 Å². The Bertz CT molecular complexity index is 5540. The van der Waals surface area contributed by atoms with Crippen LogP contribution in [0.3, 0.4) is 0 Å². The van der Waals surface area contributed by atoms with Gasteiger partial charge in [0.1, 0.15) is 28.1 Å². The van der Waals surface area contributed by atoms with E-state index in [2.05, 4.69) is 234 Å². The van der Waals surface area contributed by atoms with Gasteiger partial charge in [0.15, 0.2) is 0 Å². The third-order valence-electron chi connectivity index (χ3n) is 16.5. The van der Waals surface area contributed by atoms with E-state index in [1.165, 1.54) is 45.9 Å². The molecule has 0 aliphatic rings. The number of imidazole rings is 3. The first kappa shape index (κ1) is 56.4. The number of benzene rings is 6. The molecule has 12 heteroatoms. The highest BCUT2D eigenvalue weighted by Gasteiger charge is 2.22. The van der Waals surface area contributed by atoms with Crippen LogP contribution >= 0.6 is 22.7 Å². The van der Waals surface area contributed by atoms with Gasteiger partial charge in [0.2, 0.25) is 0 Å². The highest BCUT2D eigenvalue weighted by Crippen LogP contribution is 2.41. The van der Waals surface area contributed by atoms with Crippen molar-refractivity contribution >= 4 is 168 Å². The Morgan fingerprint density at radius 3 is 1.32 bits per heavy atom. The zero-order chi connectivity index (χ0) is 61.1. The van der Waals surface area contributed by atoms with Crippen molar-refractivity contribution in [2.24, 2.45) is 0 Å². The number of rotatable bonds is 0. The number of nitrogens with zero attached hydrogens (tertiary/aromatic N) is 9. The summed E-state index contributed by atoms with van der Waals surface area (Å²) in [5.74, 6) is 0. The van der Waals surface area contributed by atoms with E-state index in [1.54, 1.807) is 0 Å². The normalized spacial score (nSPS) is 12.4. The van der Waals surface area contributed by atoms with Crippen LogP contribution in [-0.2, 0) is 16.2 Å². The molecule has 0 fully saturated rings. The summed E-state index contributed by atoms with van der Waals surface area (Å²) in [6, 6.07) is 57.6. The zero-order valence-corrected chi connectivity index (χ0v) is 53.7. The number of furan rings is 1. The van der Waals surface area contributed by atoms with Gasteiger partial charge in [0.25, 0.3) is 0 Å². The first-order valence-electron chi connectivity index (χ1n) is 30.6. The van der Waals surface area contributed by atoms with Gasteiger partial charge in [0.05, 0.1) is 49.7 Å². The number of pyridine rings is 6. The fraction of sp³-hybridized carbons (Fsp3) is 0.211. The van der Waals surface area contributed by atoms with Gasteiger partial charge in [0, 0.05) is 125 Å². The number of hydrogen-bond acceptors (Lipinski definition) is 9. The minimum absolute atomic E-state index is 0.0198. The molecule has 436 valence electrons. The smallest absolute Gasteiger partial charge is 0.147 e. The number of aromatic nitrogens is 9. The molecule has 0 N–H and O–H groups in total. The summed E-state index contributed by atoms with van der Waals surface area (Å²) < 4.78 is 17.8. The Labute approximate surface area is 517 Å². The zero-order valence-electron chi connectivity index (χ0n) is 52.1. The molecule has 88 heavy (non-hydrogen) atoms. The number of thiophene rings is 2. The highest BCUT2D eigenvalue weighted by molar-refractivity contribution is 7.26. The van der Waals surface area contributed by atoms with Crippen molar-refractivity contribution in [2.75, 3.05) is 0 Å². The van der Waals surface area contributed by atoms with Crippen molar-refractivity contribution in [2.45, 2.75) is 106 Å². The van der Waals surface area contributed by atoms with Gasteiger partial charge >= 0.3 is 0 Å². The molecular formula is C76H69N9OS2. The lowest BCUT2D eigenvalue weighted by Crippen LogP contribution is -2.13. The van der Waals surface area contributed by atoms with Crippen molar-refractivity contribution in [1.82, 2.24) is 43.1 Å². The van der Waals surface area contributed by atoms with Crippen LogP contribution in [0.15, 0.2) is 187 Å². The van der Waals surface area contributed by atoms with Crippen LogP contribution in [0, 0.1) is 0 Å². The number of hydrogen-bond donors (Lipinski definition) is 0. The van der Waals surface area contributed by atoms with E-state index in [0.29, 0.717) is 0 Å². The van der Waals surface area contributed by atoms with Gasteiger partial charge < -0.3 is 4.42 Å². The number of fused-ring (bicyclic) bond motifs is 25. The van der Waals surface area contributed by atoms with E-state index in [4.69, 9.17) is 34.3 Å². The first-order valence-corrected chi connectivity index (χ1v) is 32.2. The predicted molar refractivity (Wildman–Crippen MR) is 376 cm³/mol. The van der Waals surface area contributed by atoms with Gasteiger partial charge in [-0.15, -0.1) is 22.7 Å². The third-order valence-corrected chi connectivity index (χ3v) is 18.8. The van der Waals surface area contributed by atoms with Gasteiger partial charge in [-0.25, -0.2) is 15.0 Å². The van der Waals surface area contributed by atoms with E-state index in [1.807, 2.05) is 74.6 Å². The molecular weight excluding hydrogens is 1120 g/mol. The lowest BCUT2D eigenvalue weighted by Gasteiger charge is -2.18. The van der Waals surface area contributed by atoms with Crippen molar-refractivity contribution in [3.63, 3.8) is 0 Å². The van der Waals surface area contributed by atoms with E-state index in [9.17, 15) is 0 Å². The molecule has 6 aromatic carbocycles. The quantitative estimate of drug-likeness (QED) is 0.149. The first-order chi connectivity index (χ1) is 42.5. The lowest BCUT2D eigenvalue weighted by atomic mass is 9.91. The average molecular weight is 1190 g/mol. The molecule has 0 saturated heterocycles. The largest absolute Gasteiger partial charge is 0.456 e. The second-order valence-electron chi connectivity index (χ2n) is 25.3. The summed E-state index contributed by atoms with van der Waals surface area (Å²) in [7, 11) is 0. The topological polar surface area (TPSA) is 104 Å². The fourth-order valence-electron chi connectivity index (χ4n) is 12.1. The second-order valence-corrected chi connectivity index (χ2v) is 27.4. The van der Waals surface area contributed by atoms with Crippen LogP contribution in [0.2, 0.25) is 0 Å². The summed E-state index contributed by atoms with van der Waals surface area (Å²) in [6.45, 7) is 27.7. The molecule has 0 bridgehead atoms. The molecule has 0 amide bonds. The van der Waals surface area contributed by atoms with Crippen LogP contribution < -0.4 is 0 Å². The maximum atomic E-state index is 6.04. The van der Waals surface area contributed by atoms with E-state index >= 15 is 0 Å². The van der Waals surface area contributed by atoms with Crippen LogP contribution in [0.1, 0.15) is 107 Å². The standard InChI is InChI=1S/C24H19N3O.2C24H19N3S.2C2H6/c1-24(2,3)22-9-8-15-17(25-22)10-11-27-19-12-16-14-6-4-5-7-20(14)28-21(16)13-18(19)26-23(15)27;1-24(2,3)20-11-8-14-16(25-20)12-13-27-22-17(26-23(14)27)9-10-19-21(22)15-6-4-5-7-18(15)28-19;1-24(2,3)22-9-8-15-17(25-22)10-11-27-19-12-16-14-6-4-5-7-20(14)28-21(16)13-18(19)26-23(15)27;2*1-2/h3*4-13H,1-3H3;2*1-2H3. The Morgan fingerprint density at radius 1 is 0.318 bits per heavy atom. The minimum atomic E-state index is 0.0198.